The van der Waals surface area contributed by atoms with Crippen molar-refractivity contribution in [3.8, 4) is 11.5 Å². The second-order valence-corrected chi connectivity index (χ2v) is 5.12. The summed E-state index contributed by atoms with van der Waals surface area (Å²) < 4.78 is 18.0. The van der Waals surface area contributed by atoms with Gasteiger partial charge in [-0.05, 0) is 43.3 Å². The average Bonchev–Trinajstić information content (AvgIpc) is 2.98. The molecule has 0 aliphatic carbocycles. The van der Waals surface area contributed by atoms with Crippen LogP contribution in [0.15, 0.2) is 53.1 Å². The summed E-state index contributed by atoms with van der Waals surface area (Å²) in [5.74, 6) is 0.0107. The first-order valence-electron chi connectivity index (χ1n) is 7.05. The first-order valence-corrected chi connectivity index (χ1v) is 7.05. The van der Waals surface area contributed by atoms with Gasteiger partial charge in [-0.1, -0.05) is 22.9 Å². The van der Waals surface area contributed by atoms with Crippen LogP contribution in [0.25, 0.3) is 11.5 Å². The van der Waals surface area contributed by atoms with Gasteiger partial charge in [-0.3, -0.25) is 4.79 Å². The van der Waals surface area contributed by atoms with Gasteiger partial charge in [-0.15, -0.1) is 0 Å². The molecule has 0 radical (unpaired) electrons. The van der Waals surface area contributed by atoms with Gasteiger partial charge in [0, 0.05) is 11.3 Å². The van der Waals surface area contributed by atoms with Crippen molar-refractivity contribution in [2.24, 2.45) is 0 Å². The van der Waals surface area contributed by atoms with E-state index in [1.807, 2.05) is 31.2 Å². The van der Waals surface area contributed by atoms with Crippen LogP contribution in [-0.4, -0.2) is 16.0 Å². The number of benzene rings is 2. The van der Waals surface area contributed by atoms with Gasteiger partial charge in [0.15, 0.2) is 5.82 Å². The van der Waals surface area contributed by atoms with E-state index in [-0.39, 0.29) is 18.1 Å². The van der Waals surface area contributed by atoms with Crippen molar-refractivity contribution in [3.63, 3.8) is 0 Å². The van der Waals surface area contributed by atoms with E-state index in [9.17, 15) is 9.18 Å². The molecule has 0 fully saturated rings. The number of aryl methyl sites for hydroxylation is 1. The van der Waals surface area contributed by atoms with Gasteiger partial charge >= 0.3 is 0 Å². The zero-order chi connectivity index (χ0) is 16.2. The van der Waals surface area contributed by atoms with E-state index < -0.39 is 0 Å². The van der Waals surface area contributed by atoms with Crippen LogP contribution < -0.4 is 5.32 Å². The van der Waals surface area contributed by atoms with Crippen molar-refractivity contribution in [2.45, 2.75) is 13.3 Å². The topological polar surface area (TPSA) is 68.0 Å². The molecule has 0 aliphatic rings. The number of nitrogens with one attached hydrogen (secondary N) is 1. The Hall–Kier alpha value is -3.02. The van der Waals surface area contributed by atoms with Crippen LogP contribution in [0.1, 0.15) is 11.4 Å². The largest absolute Gasteiger partial charge is 0.334 e. The highest BCUT2D eigenvalue weighted by molar-refractivity contribution is 5.91. The number of hydrogen-bond donors (Lipinski definition) is 1. The van der Waals surface area contributed by atoms with Crippen molar-refractivity contribution < 1.29 is 13.7 Å². The van der Waals surface area contributed by atoms with Crippen molar-refractivity contribution in [1.29, 1.82) is 0 Å². The van der Waals surface area contributed by atoms with E-state index in [0.29, 0.717) is 17.4 Å². The summed E-state index contributed by atoms with van der Waals surface area (Å²) in [5, 5.41) is 6.46. The standard InChI is InChI=1S/C17H14FN3O2/c1-11-3-2-4-12(9-11)17-20-15(21-23-17)10-16(22)19-14-7-5-13(18)6-8-14/h2-9H,10H2,1H3,(H,19,22). The second-order valence-electron chi connectivity index (χ2n) is 5.12. The molecular weight excluding hydrogens is 297 g/mol. The van der Waals surface area contributed by atoms with Crippen LogP contribution in [0, 0.1) is 12.7 Å². The Bertz CT molecular complexity index is 828. The van der Waals surface area contributed by atoms with Gasteiger partial charge in [-0.25, -0.2) is 4.39 Å². The van der Waals surface area contributed by atoms with Gasteiger partial charge < -0.3 is 9.84 Å². The van der Waals surface area contributed by atoms with Gasteiger partial charge in [0.2, 0.25) is 5.91 Å². The second kappa shape index (κ2) is 6.39. The van der Waals surface area contributed by atoms with E-state index in [4.69, 9.17) is 4.52 Å². The zero-order valence-corrected chi connectivity index (χ0v) is 12.4. The maximum absolute atomic E-state index is 12.8. The zero-order valence-electron chi connectivity index (χ0n) is 12.4. The number of hydrogen-bond acceptors (Lipinski definition) is 4. The number of anilines is 1. The third-order valence-corrected chi connectivity index (χ3v) is 3.18. The molecule has 1 aromatic heterocycles. The highest BCUT2D eigenvalue weighted by atomic mass is 19.1. The number of aromatic nitrogens is 2. The van der Waals surface area contributed by atoms with Crippen LogP contribution in [0.2, 0.25) is 0 Å². The first kappa shape index (κ1) is 14.9. The lowest BCUT2D eigenvalue weighted by Crippen LogP contribution is -2.15. The van der Waals surface area contributed by atoms with E-state index >= 15 is 0 Å². The SMILES string of the molecule is Cc1cccc(-c2nc(CC(=O)Nc3ccc(F)cc3)no2)c1. The Balaban J connectivity index is 1.66. The summed E-state index contributed by atoms with van der Waals surface area (Å²) in [4.78, 5) is 16.2. The fourth-order valence-corrected chi connectivity index (χ4v) is 2.10. The first-order chi connectivity index (χ1) is 11.1. The van der Waals surface area contributed by atoms with Crippen molar-refractivity contribution in [2.75, 3.05) is 5.32 Å². The molecule has 1 N–H and O–H groups in total. The summed E-state index contributed by atoms with van der Waals surface area (Å²) in [7, 11) is 0. The Morgan fingerprint density at radius 1 is 1.22 bits per heavy atom. The third-order valence-electron chi connectivity index (χ3n) is 3.18. The van der Waals surface area contributed by atoms with Crippen LogP contribution in [-0.2, 0) is 11.2 Å². The molecule has 0 unspecified atom stereocenters. The van der Waals surface area contributed by atoms with Crippen LogP contribution >= 0.6 is 0 Å². The summed E-state index contributed by atoms with van der Waals surface area (Å²) >= 11 is 0. The lowest BCUT2D eigenvalue weighted by molar-refractivity contribution is -0.115. The van der Waals surface area contributed by atoms with Crippen molar-refractivity contribution >= 4 is 11.6 Å². The molecule has 23 heavy (non-hydrogen) atoms. The maximum Gasteiger partial charge on any atom is 0.257 e. The van der Waals surface area contributed by atoms with Crippen LogP contribution in [0.3, 0.4) is 0 Å². The molecule has 0 saturated heterocycles. The average molecular weight is 311 g/mol. The maximum atomic E-state index is 12.8. The predicted octanol–water partition coefficient (Wildman–Crippen LogP) is 3.37. The normalized spacial score (nSPS) is 10.5. The molecule has 6 heteroatoms. The summed E-state index contributed by atoms with van der Waals surface area (Å²) in [6.07, 6.45) is -0.0211. The number of nitrogens with zero attached hydrogens (tertiary/aromatic N) is 2. The minimum absolute atomic E-state index is 0.0211. The third kappa shape index (κ3) is 3.79. The molecule has 3 aromatic rings. The molecular formula is C17H14FN3O2. The fraction of sp³-hybridized carbons (Fsp3) is 0.118. The van der Waals surface area contributed by atoms with Crippen LogP contribution in [0.5, 0.6) is 0 Å². The van der Waals surface area contributed by atoms with Gasteiger partial charge in [0.25, 0.3) is 5.89 Å². The highest BCUT2D eigenvalue weighted by Gasteiger charge is 2.12. The summed E-state index contributed by atoms with van der Waals surface area (Å²) in [6, 6.07) is 13.2. The van der Waals surface area contributed by atoms with Crippen LogP contribution in [0.4, 0.5) is 10.1 Å². The monoisotopic (exact) mass is 311 g/mol. The minimum atomic E-state index is -0.357. The highest BCUT2D eigenvalue weighted by Crippen LogP contribution is 2.18. The molecule has 0 bridgehead atoms. The Kier molecular flexibility index (Phi) is 4.14. The molecule has 1 heterocycles. The molecule has 116 valence electrons. The Morgan fingerprint density at radius 2 is 2.00 bits per heavy atom. The summed E-state index contributed by atoms with van der Waals surface area (Å²) in [5.41, 5.74) is 2.40. The van der Waals surface area contributed by atoms with Crippen molar-refractivity contribution in [1.82, 2.24) is 10.1 Å². The molecule has 0 saturated carbocycles. The molecule has 1 amide bonds. The minimum Gasteiger partial charge on any atom is -0.334 e. The molecule has 5 nitrogen and oxygen atoms in total. The predicted molar refractivity (Wildman–Crippen MR) is 83.2 cm³/mol. The molecule has 0 atom stereocenters. The molecule has 0 spiro atoms. The summed E-state index contributed by atoms with van der Waals surface area (Å²) in [6.45, 7) is 1.97. The Morgan fingerprint density at radius 3 is 2.74 bits per heavy atom. The fourth-order valence-electron chi connectivity index (χ4n) is 2.10. The molecule has 0 aliphatic heterocycles. The molecule has 3 rings (SSSR count). The Labute approximate surface area is 132 Å². The number of rotatable bonds is 4. The van der Waals surface area contributed by atoms with E-state index in [1.165, 1.54) is 24.3 Å². The van der Waals surface area contributed by atoms with E-state index in [2.05, 4.69) is 15.5 Å². The van der Waals surface area contributed by atoms with E-state index in [0.717, 1.165) is 11.1 Å². The number of carbonyl (C=O) groups excluding carboxylic acids is 1. The van der Waals surface area contributed by atoms with Gasteiger partial charge in [0.1, 0.15) is 5.82 Å². The number of carbonyl (C=O) groups is 1. The quantitative estimate of drug-likeness (QED) is 0.802. The van der Waals surface area contributed by atoms with Crippen molar-refractivity contribution in [3.05, 3.63) is 65.7 Å². The lowest BCUT2D eigenvalue weighted by atomic mass is 10.1. The molecule has 2 aromatic carbocycles. The van der Waals surface area contributed by atoms with Gasteiger partial charge in [-0.2, -0.15) is 4.98 Å². The van der Waals surface area contributed by atoms with Gasteiger partial charge in [0.05, 0.1) is 6.42 Å². The van der Waals surface area contributed by atoms with E-state index in [1.54, 1.807) is 0 Å². The number of halogens is 1. The number of amides is 1. The lowest BCUT2D eigenvalue weighted by Gasteiger charge is -2.02. The smallest absolute Gasteiger partial charge is 0.257 e.